The van der Waals surface area contributed by atoms with Crippen molar-refractivity contribution in [3.8, 4) is 22.6 Å². The van der Waals surface area contributed by atoms with Crippen LogP contribution >= 0.6 is 0 Å². The summed E-state index contributed by atoms with van der Waals surface area (Å²) in [6, 6.07) is 31.5. The van der Waals surface area contributed by atoms with Gasteiger partial charge in [0.2, 0.25) is 0 Å². The van der Waals surface area contributed by atoms with Crippen molar-refractivity contribution >= 4 is 86.0 Å². The van der Waals surface area contributed by atoms with Crippen molar-refractivity contribution in [3.63, 3.8) is 0 Å². The Hall–Kier alpha value is -6.61. The van der Waals surface area contributed by atoms with Crippen LogP contribution in [-0.2, 0) is 30.4 Å². The molecule has 288 valence electrons. The number of phenols is 2. The Morgan fingerprint density at radius 1 is 0.456 bits per heavy atom. The highest BCUT2D eigenvalue weighted by atomic mass is 32.2. The van der Waals surface area contributed by atoms with Crippen molar-refractivity contribution in [2.45, 2.75) is 14.7 Å². The molecule has 0 bridgehead atoms. The van der Waals surface area contributed by atoms with E-state index in [9.17, 15) is 49.1 Å². The first kappa shape index (κ1) is 38.7. The highest BCUT2D eigenvalue weighted by Gasteiger charge is 2.20. The fraction of sp³-hybridized carbons (Fsp3) is 0. The van der Waals surface area contributed by atoms with Gasteiger partial charge in [0.05, 0.1) is 26.1 Å². The number of hydrogen-bond donors (Lipinski definition) is 3. The summed E-state index contributed by atoms with van der Waals surface area (Å²) >= 11 is 0. The van der Waals surface area contributed by atoms with Crippen molar-refractivity contribution in [3.05, 3.63) is 127 Å². The lowest BCUT2D eigenvalue weighted by molar-refractivity contribution is 0.457. The van der Waals surface area contributed by atoms with Crippen molar-refractivity contribution < 1.29 is 49.1 Å². The van der Waals surface area contributed by atoms with Gasteiger partial charge in [0.25, 0.3) is 0 Å². The number of azo groups is 2. The van der Waals surface area contributed by atoms with E-state index in [0.717, 1.165) is 36.0 Å². The van der Waals surface area contributed by atoms with Crippen molar-refractivity contribution in [2.75, 3.05) is 5.32 Å². The third-order valence-electron chi connectivity index (χ3n) is 8.56. The first-order chi connectivity index (χ1) is 27.0. The van der Waals surface area contributed by atoms with Crippen molar-refractivity contribution in [1.29, 1.82) is 0 Å². The minimum Gasteiger partial charge on any atom is -0.744 e. The molecule has 7 rings (SSSR count). The molecule has 0 unspecified atom stereocenters. The van der Waals surface area contributed by atoms with Crippen LogP contribution in [0.5, 0.6) is 11.5 Å². The summed E-state index contributed by atoms with van der Waals surface area (Å²) in [6.45, 7) is 0. The van der Waals surface area contributed by atoms with Crippen LogP contribution in [0.3, 0.4) is 0 Å². The van der Waals surface area contributed by atoms with Gasteiger partial charge in [0, 0.05) is 22.1 Å². The summed E-state index contributed by atoms with van der Waals surface area (Å²) in [5.74, 6) is -1.32. The molecule has 16 nitrogen and oxygen atoms in total. The van der Waals surface area contributed by atoms with E-state index in [1.807, 2.05) is 30.3 Å². The first-order valence-corrected chi connectivity index (χ1v) is 20.5. The predicted octanol–water partition coefficient (Wildman–Crippen LogP) is 8.36. The molecular weight excluding hydrogens is 799 g/mol. The number of anilines is 2. The smallest absolute Gasteiger partial charge is 0.152 e. The van der Waals surface area contributed by atoms with Gasteiger partial charge >= 0.3 is 0 Å². The minimum atomic E-state index is -5.26. The number of phenolic OH excluding ortho intramolecular Hbond substituents is 2. The molecule has 19 heteroatoms. The Balaban J connectivity index is 1.12. The molecule has 0 aliphatic heterocycles. The van der Waals surface area contributed by atoms with Gasteiger partial charge in [-0.05, 0) is 107 Å². The Morgan fingerprint density at radius 2 is 0.912 bits per heavy atom. The molecule has 0 spiro atoms. The lowest BCUT2D eigenvalue weighted by Gasteiger charge is -2.14. The molecule has 0 aromatic heterocycles. The van der Waals surface area contributed by atoms with Gasteiger partial charge in [-0.2, -0.15) is 10.2 Å². The number of benzene rings is 7. The number of aromatic hydroxyl groups is 2. The minimum absolute atomic E-state index is 0.0851. The van der Waals surface area contributed by atoms with E-state index in [-0.39, 0.29) is 32.9 Å². The summed E-state index contributed by atoms with van der Waals surface area (Å²) in [5, 5.41) is 41.0. The molecule has 0 saturated heterocycles. The lowest BCUT2D eigenvalue weighted by Crippen LogP contribution is -2.01. The van der Waals surface area contributed by atoms with Crippen molar-refractivity contribution in [2.24, 2.45) is 20.5 Å². The first-order valence-electron chi connectivity index (χ1n) is 16.3. The molecule has 7 aromatic carbocycles. The maximum absolute atomic E-state index is 12.3. The van der Waals surface area contributed by atoms with Gasteiger partial charge < -0.3 is 29.2 Å². The van der Waals surface area contributed by atoms with Gasteiger partial charge in [0.1, 0.15) is 41.7 Å². The largest absolute Gasteiger partial charge is 0.744 e. The predicted molar refractivity (Wildman–Crippen MR) is 205 cm³/mol. The van der Waals surface area contributed by atoms with E-state index in [2.05, 4.69) is 25.8 Å². The Kier molecular flexibility index (Phi) is 10.0. The number of nitrogens with one attached hydrogen (secondary N) is 1. The second-order valence-corrected chi connectivity index (χ2v) is 16.4. The average Bonchev–Trinajstić information content (AvgIpc) is 3.16. The summed E-state index contributed by atoms with van der Waals surface area (Å²) in [7, 11) is -15.3. The maximum Gasteiger partial charge on any atom is 0.152 e. The molecule has 7 aromatic rings. The number of fused-ring (bicyclic) bond motifs is 2. The monoisotopic (exact) mass is 822 g/mol. The van der Waals surface area contributed by atoms with Gasteiger partial charge in [-0.15, -0.1) is 10.2 Å². The second-order valence-electron chi connectivity index (χ2n) is 12.3. The third kappa shape index (κ3) is 8.33. The fourth-order valence-electron chi connectivity index (χ4n) is 5.83. The van der Waals surface area contributed by atoms with E-state index in [1.54, 1.807) is 54.6 Å². The summed E-state index contributed by atoms with van der Waals surface area (Å²) in [5.41, 5.74) is 1.95. The Morgan fingerprint density at radius 3 is 1.37 bits per heavy atom. The van der Waals surface area contributed by atoms with Crippen LogP contribution in [0.2, 0.25) is 0 Å². The van der Waals surface area contributed by atoms with E-state index >= 15 is 0 Å². The molecule has 0 aliphatic rings. The fourth-order valence-corrected chi connectivity index (χ4v) is 7.63. The van der Waals surface area contributed by atoms with Crippen LogP contribution in [0.25, 0.3) is 32.7 Å². The summed E-state index contributed by atoms with van der Waals surface area (Å²) in [4.78, 5) is -2.44. The molecular formula is C38H24N5O11S3-3. The second kappa shape index (κ2) is 14.8. The van der Waals surface area contributed by atoms with Crippen LogP contribution in [0.15, 0.2) is 163 Å². The quantitative estimate of drug-likeness (QED) is 0.0867. The normalized spacial score (nSPS) is 12.5. The molecule has 0 amide bonds. The SMILES string of the molecule is O=S(=O)([O-])c1ccc2c(O)c(N=Nc3ccc(-c4ccc(N=Nc5c(S(=O)(=O)[O-])cc6cc(Nc7ccccc7)ccc6c5O)cc4)cc3)c(S(=O)(=O)[O-])cc2c1. The van der Waals surface area contributed by atoms with Crippen molar-refractivity contribution in [1.82, 2.24) is 0 Å². The van der Waals surface area contributed by atoms with E-state index < -0.39 is 67.9 Å². The van der Waals surface area contributed by atoms with Crippen LogP contribution in [0, 0.1) is 0 Å². The molecule has 3 N–H and O–H groups in total. The Bertz CT molecular complexity index is 3130. The molecule has 57 heavy (non-hydrogen) atoms. The number of para-hydroxylation sites is 1. The van der Waals surface area contributed by atoms with Crippen LogP contribution in [-0.4, -0.2) is 49.1 Å². The number of rotatable bonds is 10. The molecule has 0 saturated carbocycles. The maximum atomic E-state index is 12.3. The molecule has 0 radical (unpaired) electrons. The molecule has 0 fully saturated rings. The topological polar surface area (TPSA) is 274 Å². The Labute approximate surface area is 324 Å². The zero-order valence-electron chi connectivity index (χ0n) is 28.7. The standard InChI is InChI=1S/C38H27N5O11S3/c44-37-31-16-14-29(39-26-4-2-1-3-5-26)18-24(31)20-33(56(49,50)51)35(37)42-40-27-10-6-22(7-11-27)23-8-12-28(13-9-23)41-43-36-34(57(52,53)54)21-25-19-30(55(46,47)48)15-17-32(25)38(36)45/h1-21,39,44-45H,(H,46,47,48)(H,49,50,51)(H,52,53,54)/p-3. The number of hydrogen-bond acceptors (Lipinski definition) is 16. The van der Waals surface area contributed by atoms with Crippen LogP contribution in [0.4, 0.5) is 34.1 Å². The zero-order chi connectivity index (χ0) is 40.7. The lowest BCUT2D eigenvalue weighted by atomic mass is 10.1. The summed E-state index contributed by atoms with van der Waals surface area (Å²) in [6.07, 6.45) is 0. The highest BCUT2D eigenvalue weighted by Crippen LogP contribution is 2.44. The van der Waals surface area contributed by atoms with Crippen LogP contribution in [0.1, 0.15) is 0 Å². The average molecular weight is 823 g/mol. The molecule has 0 atom stereocenters. The van der Waals surface area contributed by atoms with Gasteiger partial charge in [-0.25, -0.2) is 25.3 Å². The molecule has 0 heterocycles. The van der Waals surface area contributed by atoms with Crippen LogP contribution < -0.4 is 5.32 Å². The van der Waals surface area contributed by atoms with E-state index in [4.69, 9.17) is 0 Å². The summed E-state index contributed by atoms with van der Waals surface area (Å²) < 4.78 is 107. The van der Waals surface area contributed by atoms with Gasteiger partial charge in [-0.1, -0.05) is 42.5 Å². The number of nitrogens with zero attached hydrogens (tertiary/aromatic N) is 4. The third-order valence-corrected chi connectivity index (χ3v) is 11.1. The van der Waals surface area contributed by atoms with Gasteiger partial charge in [0.15, 0.2) is 11.5 Å². The highest BCUT2D eigenvalue weighted by molar-refractivity contribution is 7.86. The molecule has 0 aliphatic carbocycles. The zero-order valence-corrected chi connectivity index (χ0v) is 31.2. The van der Waals surface area contributed by atoms with E-state index in [1.165, 1.54) is 12.1 Å². The van der Waals surface area contributed by atoms with Gasteiger partial charge in [-0.3, -0.25) is 0 Å². The van der Waals surface area contributed by atoms with E-state index in [0.29, 0.717) is 16.8 Å².